The predicted octanol–water partition coefficient (Wildman–Crippen LogP) is 3.71. The fourth-order valence-electron chi connectivity index (χ4n) is 6.79. The molecule has 4 bridgehead atoms. The van der Waals surface area contributed by atoms with E-state index in [0.29, 0.717) is 36.7 Å². The third-order valence-corrected chi connectivity index (χ3v) is 8.82. The number of aliphatic hydroxyl groups is 1. The molecule has 0 aromatic carbocycles. The average Bonchev–Trinajstić information content (AvgIpc) is 3.61. The Morgan fingerprint density at radius 3 is 1.81 bits per heavy atom. The average molecular weight is 502 g/mol. The Balaban J connectivity index is 0.000000154. The van der Waals surface area contributed by atoms with E-state index in [0.717, 1.165) is 19.3 Å². The Hall–Kier alpha value is -2.74. The highest BCUT2D eigenvalue weighted by Gasteiger charge is 2.59. The van der Waals surface area contributed by atoms with Crippen LogP contribution in [-0.2, 0) is 19.2 Å². The van der Waals surface area contributed by atoms with Crippen LogP contribution in [0.15, 0.2) is 36.0 Å². The second-order valence-corrected chi connectivity index (χ2v) is 11.7. The molecule has 0 radical (unpaired) electrons. The molecule has 198 valence electrons. The number of fused-ring (bicyclic) bond motifs is 4. The number of allylic oxidation sites excluding steroid dienone is 4. The summed E-state index contributed by atoms with van der Waals surface area (Å²) in [5.41, 5.74) is -0.760. The number of amides is 2. The molecule has 1 heterocycles. The van der Waals surface area contributed by atoms with Crippen LogP contribution in [0.4, 0.5) is 0 Å². The second kappa shape index (κ2) is 10.3. The quantitative estimate of drug-likeness (QED) is 0.332. The van der Waals surface area contributed by atoms with Crippen LogP contribution < -0.4 is 5.32 Å². The van der Waals surface area contributed by atoms with Gasteiger partial charge in [0.15, 0.2) is 0 Å². The minimum absolute atomic E-state index is 0.0244. The van der Waals surface area contributed by atoms with Gasteiger partial charge in [-0.25, -0.2) is 0 Å². The zero-order chi connectivity index (χ0) is 26.9. The first kappa shape index (κ1) is 27.8. The largest absolute Gasteiger partial charge is 0.481 e. The van der Waals surface area contributed by atoms with Crippen LogP contribution in [0.5, 0.6) is 0 Å². The van der Waals surface area contributed by atoms with E-state index in [1.54, 1.807) is 0 Å². The molecule has 0 aromatic heterocycles. The van der Waals surface area contributed by atoms with Crippen LogP contribution in [0, 0.1) is 39.9 Å². The fourth-order valence-corrected chi connectivity index (χ4v) is 6.79. The molecular weight excluding hydrogens is 462 g/mol. The van der Waals surface area contributed by atoms with Crippen molar-refractivity contribution in [1.29, 1.82) is 0 Å². The lowest BCUT2D eigenvalue weighted by Crippen LogP contribution is -2.46. The van der Waals surface area contributed by atoms with E-state index in [1.165, 1.54) is 6.08 Å². The summed E-state index contributed by atoms with van der Waals surface area (Å²) in [6.45, 7) is 7.97. The third-order valence-electron chi connectivity index (χ3n) is 8.82. The number of hydrogen-bond donors (Lipinski definition) is 4. The van der Waals surface area contributed by atoms with Crippen molar-refractivity contribution in [2.24, 2.45) is 39.9 Å². The Kier molecular flexibility index (Phi) is 7.98. The SMILES string of the molecule is CC(C)(C)C1(C(=O)O)CC2C=CC1C2.CCC1=CC(=O)NC1=O.O=C(O)C1(CCO)CC2C=CC1C2. The number of aliphatic carboxylic acids is 2. The summed E-state index contributed by atoms with van der Waals surface area (Å²) in [4.78, 5) is 43.7. The summed E-state index contributed by atoms with van der Waals surface area (Å²) in [5.74, 6) is -0.533. The summed E-state index contributed by atoms with van der Waals surface area (Å²) in [6.07, 6.45) is 14.3. The maximum atomic E-state index is 11.5. The van der Waals surface area contributed by atoms with Crippen LogP contribution in [0.2, 0.25) is 0 Å². The molecule has 8 nitrogen and oxygen atoms in total. The van der Waals surface area contributed by atoms with Crippen LogP contribution in [0.3, 0.4) is 0 Å². The molecule has 0 spiro atoms. The van der Waals surface area contributed by atoms with Crippen molar-refractivity contribution < 1.29 is 34.5 Å². The molecule has 4 aliphatic carbocycles. The van der Waals surface area contributed by atoms with E-state index in [1.807, 2.05) is 13.0 Å². The number of carboxylic acids is 2. The van der Waals surface area contributed by atoms with Crippen molar-refractivity contribution in [3.05, 3.63) is 36.0 Å². The summed E-state index contributed by atoms with van der Waals surface area (Å²) in [6, 6.07) is 0. The summed E-state index contributed by atoms with van der Waals surface area (Å²) < 4.78 is 0. The van der Waals surface area contributed by atoms with Crippen molar-refractivity contribution in [2.45, 2.75) is 66.2 Å². The lowest BCUT2D eigenvalue weighted by atomic mass is 9.60. The monoisotopic (exact) mass is 501 g/mol. The zero-order valence-electron chi connectivity index (χ0n) is 21.6. The van der Waals surface area contributed by atoms with Crippen LogP contribution >= 0.6 is 0 Å². The highest BCUT2D eigenvalue weighted by Crippen LogP contribution is 2.60. The summed E-state index contributed by atoms with van der Waals surface area (Å²) >= 11 is 0. The maximum Gasteiger partial charge on any atom is 0.310 e. The number of rotatable bonds is 5. The number of carboxylic acid groups (broad SMARTS) is 2. The number of carbonyl (C=O) groups is 4. The number of carbonyl (C=O) groups excluding carboxylic acids is 2. The normalized spacial score (nSPS) is 35.1. The molecule has 6 unspecified atom stereocenters. The van der Waals surface area contributed by atoms with Gasteiger partial charge in [0.05, 0.1) is 10.8 Å². The van der Waals surface area contributed by atoms with Gasteiger partial charge < -0.3 is 15.3 Å². The van der Waals surface area contributed by atoms with Crippen molar-refractivity contribution in [2.75, 3.05) is 6.61 Å². The van der Waals surface area contributed by atoms with Crippen LogP contribution in [-0.4, -0.2) is 45.7 Å². The van der Waals surface area contributed by atoms with Crippen molar-refractivity contribution in [3.63, 3.8) is 0 Å². The molecule has 5 aliphatic rings. The molecule has 0 aromatic rings. The Bertz CT molecular complexity index is 1000. The molecule has 8 heteroatoms. The van der Waals surface area contributed by atoms with Gasteiger partial charge in [-0.2, -0.15) is 0 Å². The molecule has 2 fully saturated rings. The van der Waals surface area contributed by atoms with Gasteiger partial charge in [-0.05, 0) is 67.6 Å². The topological polar surface area (TPSA) is 141 Å². The minimum Gasteiger partial charge on any atom is -0.481 e. The van der Waals surface area contributed by atoms with Crippen molar-refractivity contribution >= 4 is 23.8 Å². The number of hydrogen-bond acceptors (Lipinski definition) is 5. The Morgan fingerprint density at radius 2 is 1.56 bits per heavy atom. The van der Waals surface area contributed by atoms with Crippen LogP contribution in [0.25, 0.3) is 0 Å². The smallest absolute Gasteiger partial charge is 0.310 e. The standard InChI is InChI=1S/C12H18O2.C10H14O3.C6H7NO2/c1-11(2,3)12(10(13)14)7-8-4-5-9(12)6-8;11-4-3-10(9(12)13)6-7-1-2-8(10)5-7;1-2-4-3-5(8)7-6(4)9/h4-5,8-9H,6-7H2,1-3H3,(H,13,14);1-2,7-8,11H,3-6H2,(H,12,13);3H,2H2,1H3,(H,7,8,9). The van der Waals surface area contributed by atoms with Gasteiger partial charge in [0, 0.05) is 18.3 Å². The first-order valence-corrected chi connectivity index (χ1v) is 12.8. The van der Waals surface area contributed by atoms with Gasteiger partial charge in [0.1, 0.15) is 0 Å². The Labute approximate surface area is 212 Å². The fraction of sp³-hybridized carbons (Fsp3) is 0.643. The summed E-state index contributed by atoms with van der Waals surface area (Å²) in [7, 11) is 0. The van der Waals surface area contributed by atoms with Gasteiger partial charge in [-0.3, -0.25) is 24.5 Å². The third kappa shape index (κ3) is 4.92. The second-order valence-electron chi connectivity index (χ2n) is 11.7. The van der Waals surface area contributed by atoms with E-state index in [-0.39, 0.29) is 35.7 Å². The lowest BCUT2D eigenvalue weighted by molar-refractivity contribution is -0.159. The molecule has 4 N–H and O–H groups in total. The zero-order valence-corrected chi connectivity index (χ0v) is 21.6. The van der Waals surface area contributed by atoms with Gasteiger partial charge in [-0.1, -0.05) is 52.0 Å². The molecule has 0 saturated heterocycles. The molecular formula is C28H39NO7. The molecule has 2 amide bonds. The first-order chi connectivity index (χ1) is 16.8. The van der Waals surface area contributed by atoms with E-state index in [9.17, 15) is 29.4 Å². The van der Waals surface area contributed by atoms with E-state index in [2.05, 4.69) is 44.3 Å². The lowest BCUT2D eigenvalue weighted by Gasteiger charge is -2.42. The molecule has 6 atom stereocenters. The summed E-state index contributed by atoms with van der Waals surface area (Å²) in [5, 5.41) is 29.7. The number of nitrogens with one attached hydrogen (secondary N) is 1. The number of aliphatic hydroxyl groups excluding tert-OH is 1. The van der Waals surface area contributed by atoms with E-state index >= 15 is 0 Å². The first-order valence-electron chi connectivity index (χ1n) is 12.8. The van der Waals surface area contributed by atoms with E-state index < -0.39 is 22.8 Å². The predicted molar refractivity (Wildman–Crippen MR) is 134 cm³/mol. The van der Waals surface area contributed by atoms with Crippen molar-refractivity contribution in [3.8, 4) is 0 Å². The Morgan fingerprint density at radius 1 is 0.972 bits per heavy atom. The van der Waals surface area contributed by atoms with Crippen LogP contribution in [0.1, 0.15) is 66.2 Å². The van der Waals surface area contributed by atoms with Gasteiger partial charge in [0.25, 0.3) is 11.8 Å². The van der Waals surface area contributed by atoms with Crippen molar-refractivity contribution in [1.82, 2.24) is 5.32 Å². The van der Waals surface area contributed by atoms with Gasteiger partial charge in [-0.15, -0.1) is 0 Å². The molecule has 2 saturated carbocycles. The highest BCUT2D eigenvalue weighted by atomic mass is 16.4. The van der Waals surface area contributed by atoms with Gasteiger partial charge in [0.2, 0.25) is 0 Å². The highest BCUT2D eigenvalue weighted by molar-refractivity contribution is 6.16. The van der Waals surface area contributed by atoms with E-state index in [4.69, 9.17) is 5.11 Å². The minimum atomic E-state index is -0.738. The van der Waals surface area contributed by atoms with Gasteiger partial charge >= 0.3 is 11.9 Å². The molecule has 36 heavy (non-hydrogen) atoms. The maximum absolute atomic E-state index is 11.5. The number of imide groups is 1. The molecule has 1 aliphatic heterocycles. The molecule has 5 rings (SSSR count).